The number of urea groups is 1. The Labute approximate surface area is 161 Å². The molecule has 0 bridgehead atoms. The van der Waals surface area contributed by atoms with Crippen LogP contribution in [-0.2, 0) is 0 Å². The van der Waals surface area contributed by atoms with E-state index in [-0.39, 0.29) is 6.03 Å². The Morgan fingerprint density at radius 2 is 1.56 bits per heavy atom. The van der Waals surface area contributed by atoms with Crippen molar-refractivity contribution in [2.45, 2.75) is 13.8 Å². The highest BCUT2D eigenvalue weighted by Gasteiger charge is 2.10. The van der Waals surface area contributed by atoms with Gasteiger partial charge in [0, 0.05) is 16.9 Å². The number of nitrogens with one attached hydrogen (secondary N) is 2. The van der Waals surface area contributed by atoms with Crippen LogP contribution in [0.25, 0.3) is 20.8 Å². The molecular weight excluding hydrogens is 354 g/mol. The summed E-state index contributed by atoms with van der Waals surface area (Å²) in [5, 5.41) is 6.80. The fraction of sp³-hybridized carbons (Fsp3) is 0.0909. The summed E-state index contributed by atoms with van der Waals surface area (Å²) in [6, 6.07) is 21.6. The fourth-order valence-electron chi connectivity index (χ4n) is 2.92. The summed E-state index contributed by atoms with van der Waals surface area (Å²) in [6.07, 6.45) is 0. The number of aromatic nitrogens is 1. The van der Waals surface area contributed by atoms with E-state index >= 15 is 0 Å². The van der Waals surface area contributed by atoms with Crippen molar-refractivity contribution in [3.63, 3.8) is 0 Å². The molecule has 5 heteroatoms. The Morgan fingerprint density at radius 1 is 0.852 bits per heavy atom. The van der Waals surface area contributed by atoms with Gasteiger partial charge in [-0.1, -0.05) is 30.3 Å². The van der Waals surface area contributed by atoms with Gasteiger partial charge in [-0.25, -0.2) is 9.78 Å². The van der Waals surface area contributed by atoms with Crippen molar-refractivity contribution in [1.29, 1.82) is 0 Å². The molecule has 134 valence electrons. The van der Waals surface area contributed by atoms with E-state index < -0.39 is 0 Å². The molecule has 4 rings (SSSR count). The lowest BCUT2D eigenvalue weighted by molar-refractivity contribution is 0.262. The molecule has 2 N–H and O–H groups in total. The molecule has 4 aromatic rings. The quantitative estimate of drug-likeness (QED) is 0.447. The third-order valence-electron chi connectivity index (χ3n) is 4.41. The fourth-order valence-corrected chi connectivity index (χ4v) is 3.88. The maximum atomic E-state index is 12.3. The predicted octanol–water partition coefficient (Wildman–Crippen LogP) is 6.22. The molecule has 0 radical (unpaired) electrons. The van der Waals surface area contributed by atoms with Crippen LogP contribution >= 0.6 is 11.3 Å². The van der Waals surface area contributed by atoms with E-state index in [4.69, 9.17) is 4.98 Å². The summed E-state index contributed by atoms with van der Waals surface area (Å²) in [7, 11) is 0. The van der Waals surface area contributed by atoms with Crippen LogP contribution in [-0.4, -0.2) is 11.0 Å². The molecule has 0 aliphatic heterocycles. The Kier molecular flexibility index (Phi) is 4.60. The SMILES string of the molecule is Cc1ccccc1NC(=O)Nc1ccc(-c2nc3ccccc3s2)cc1C. The molecule has 1 heterocycles. The molecule has 2 amide bonds. The maximum Gasteiger partial charge on any atom is 0.323 e. The summed E-state index contributed by atoms with van der Waals surface area (Å²) >= 11 is 1.67. The number of benzene rings is 3. The first kappa shape index (κ1) is 17.2. The Balaban J connectivity index is 1.53. The minimum absolute atomic E-state index is 0.250. The number of aryl methyl sites for hydroxylation is 2. The molecule has 0 saturated carbocycles. The lowest BCUT2D eigenvalue weighted by Gasteiger charge is -2.12. The first-order valence-electron chi connectivity index (χ1n) is 8.70. The molecular formula is C22H19N3OS. The average Bonchev–Trinajstić information content (AvgIpc) is 3.09. The highest BCUT2D eigenvalue weighted by molar-refractivity contribution is 7.21. The second kappa shape index (κ2) is 7.21. The van der Waals surface area contributed by atoms with E-state index in [1.165, 1.54) is 4.70 Å². The Morgan fingerprint density at radius 3 is 2.30 bits per heavy atom. The topological polar surface area (TPSA) is 54.0 Å². The van der Waals surface area contributed by atoms with Gasteiger partial charge in [0.15, 0.2) is 0 Å². The molecule has 0 fully saturated rings. The molecule has 0 aliphatic rings. The number of nitrogens with zero attached hydrogens (tertiary/aromatic N) is 1. The van der Waals surface area contributed by atoms with Crippen molar-refractivity contribution in [2.75, 3.05) is 10.6 Å². The minimum atomic E-state index is -0.250. The first-order chi connectivity index (χ1) is 13.1. The van der Waals surface area contributed by atoms with Gasteiger partial charge < -0.3 is 10.6 Å². The van der Waals surface area contributed by atoms with Crippen molar-refractivity contribution in [3.05, 3.63) is 77.9 Å². The molecule has 27 heavy (non-hydrogen) atoms. The lowest BCUT2D eigenvalue weighted by atomic mass is 10.1. The highest BCUT2D eigenvalue weighted by atomic mass is 32.1. The zero-order valence-corrected chi connectivity index (χ0v) is 15.9. The number of para-hydroxylation sites is 2. The Bertz CT molecular complexity index is 1100. The first-order valence-corrected chi connectivity index (χ1v) is 9.52. The summed E-state index contributed by atoms with van der Waals surface area (Å²) in [5.41, 5.74) is 5.67. The van der Waals surface area contributed by atoms with Crippen molar-refractivity contribution in [2.24, 2.45) is 0 Å². The molecule has 0 spiro atoms. The van der Waals surface area contributed by atoms with Crippen molar-refractivity contribution >= 4 is 39.0 Å². The minimum Gasteiger partial charge on any atom is -0.307 e. The second-order valence-corrected chi connectivity index (χ2v) is 7.44. The summed E-state index contributed by atoms with van der Waals surface area (Å²) in [4.78, 5) is 17.0. The van der Waals surface area contributed by atoms with E-state index in [2.05, 4.69) is 22.8 Å². The third kappa shape index (κ3) is 3.68. The number of carbonyl (C=O) groups is 1. The van der Waals surface area contributed by atoms with E-state index in [0.717, 1.165) is 38.6 Å². The zero-order valence-electron chi connectivity index (χ0n) is 15.1. The van der Waals surface area contributed by atoms with E-state index in [0.29, 0.717) is 0 Å². The van der Waals surface area contributed by atoms with Gasteiger partial charge in [0.05, 0.1) is 10.2 Å². The van der Waals surface area contributed by atoms with Gasteiger partial charge in [0.2, 0.25) is 0 Å². The number of hydrogen-bond donors (Lipinski definition) is 2. The normalized spacial score (nSPS) is 10.7. The standard InChI is InChI=1S/C22H19N3OS/c1-14-7-3-4-8-17(14)24-22(26)25-18-12-11-16(13-15(18)2)21-23-19-9-5-6-10-20(19)27-21/h3-13H,1-2H3,(H2,24,25,26). The van der Waals surface area contributed by atoms with Gasteiger partial charge >= 0.3 is 6.03 Å². The molecule has 3 aromatic carbocycles. The number of thiazole rings is 1. The predicted molar refractivity (Wildman–Crippen MR) is 114 cm³/mol. The zero-order chi connectivity index (χ0) is 18.8. The molecule has 0 atom stereocenters. The highest BCUT2D eigenvalue weighted by Crippen LogP contribution is 2.32. The van der Waals surface area contributed by atoms with E-state index in [9.17, 15) is 4.79 Å². The summed E-state index contributed by atoms with van der Waals surface area (Å²) < 4.78 is 1.17. The monoisotopic (exact) mass is 373 g/mol. The van der Waals surface area contributed by atoms with Gasteiger partial charge in [-0.2, -0.15) is 0 Å². The van der Waals surface area contributed by atoms with Gasteiger partial charge in [0.25, 0.3) is 0 Å². The van der Waals surface area contributed by atoms with Crippen molar-refractivity contribution < 1.29 is 4.79 Å². The van der Waals surface area contributed by atoms with Crippen LogP contribution in [0.4, 0.5) is 16.2 Å². The van der Waals surface area contributed by atoms with E-state index in [1.54, 1.807) is 11.3 Å². The summed E-state index contributed by atoms with van der Waals surface area (Å²) in [5.74, 6) is 0. The third-order valence-corrected chi connectivity index (χ3v) is 5.49. The van der Waals surface area contributed by atoms with Crippen LogP contribution in [0.5, 0.6) is 0 Å². The number of anilines is 2. The maximum absolute atomic E-state index is 12.3. The largest absolute Gasteiger partial charge is 0.323 e. The molecule has 0 saturated heterocycles. The smallest absolute Gasteiger partial charge is 0.307 e. The molecule has 4 nitrogen and oxygen atoms in total. The number of amides is 2. The molecule has 1 aromatic heterocycles. The molecule has 0 unspecified atom stereocenters. The summed E-state index contributed by atoms with van der Waals surface area (Å²) in [6.45, 7) is 3.95. The number of carbonyl (C=O) groups excluding carboxylic acids is 1. The van der Waals surface area contributed by atoms with Gasteiger partial charge in [-0.05, 0) is 61.4 Å². The van der Waals surface area contributed by atoms with E-state index in [1.807, 2.05) is 68.4 Å². The van der Waals surface area contributed by atoms with Gasteiger partial charge in [-0.3, -0.25) is 0 Å². The van der Waals surface area contributed by atoms with Crippen LogP contribution < -0.4 is 10.6 Å². The number of rotatable bonds is 3. The van der Waals surface area contributed by atoms with Crippen LogP contribution in [0.1, 0.15) is 11.1 Å². The Hall–Kier alpha value is -3.18. The van der Waals surface area contributed by atoms with Gasteiger partial charge in [-0.15, -0.1) is 11.3 Å². The van der Waals surface area contributed by atoms with Crippen LogP contribution in [0, 0.1) is 13.8 Å². The molecule has 0 aliphatic carbocycles. The van der Waals surface area contributed by atoms with Crippen molar-refractivity contribution in [1.82, 2.24) is 4.98 Å². The average molecular weight is 373 g/mol. The second-order valence-electron chi connectivity index (χ2n) is 6.41. The van der Waals surface area contributed by atoms with Crippen LogP contribution in [0.15, 0.2) is 66.7 Å². The van der Waals surface area contributed by atoms with Crippen LogP contribution in [0.2, 0.25) is 0 Å². The van der Waals surface area contributed by atoms with Gasteiger partial charge in [0.1, 0.15) is 5.01 Å². The number of hydrogen-bond acceptors (Lipinski definition) is 3. The van der Waals surface area contributed by atoms with Crippen LogP contribution in [0.3, 0.4) is 0 Å². The number of fused-ring (bicyclic) bond motifs is 1. The van der Waals surface area contributed by atoms with Crippen molar-refractivity contribution in [3.8, 4) is 10.6 Å². The lowest BCUT2D eigenvalue weighted by Crippen LogP contribution is -2.20.